The number of rotatable bonds is 5. The molecular weight excluding hydrogens is 437 g/mol. The fourth-order valence-electron chi connectivity index (χ4n) is 2.70. The Morgan fingerprint density at radius 3 is 2.62 bits per heavy atom. The first-order valence-corrected chi connectivity index (χ1v) is 9.97. The first-order valence-electron chi connectivity index (χ1n) is 9.17. The third-order valence-electron chi connectivity index (χ3n) is 4.06. The number of halogens is 2. The summed E-state index contributed by atoms with van der Waals surface area (Å²) in [4.78, 5) is 8.75. The highest BCUT2D eigenvalue weighted by Gasteiger charge is 2.13. The molecule has 8 heteroatoms. The van der Waals surface area contributed by atoms with E-state index in [1.54, 1.807) is 54.4 Å². The van der Waals surface area contributed by atoms with Crippen LogP contribution in [0.15, 0.2) is 59.3 Å². The summed E-state index contributed by atoms with van der Waals surface area (Å²) in [5.41, 5.74) is 2.53. The van der Waals surface area contributed by atoms with E-state index in [2.05, 4.69) is 36.3 Å². The van der Waals surface area contributed by atoms with Gasteiger partial charge in [0.15, 0.2) is 5.65 Å². The molecule has 0 aliphatic heterocycles. The van der Waals surface area contributed by atoms with Crippen LogP contribution in [0.2, 0.25) is 0 Å². The number of fused-ring (bicyclic) bond motifs is 1. The summed E-state index contributed by atoms with van der Waals surface area (Å²) in [5.74, 6) is 0.929. The topological polar surface area (TPSA) is 64.3 Å². The van der Waals surface area contributed by atoms with E-state index in [1.807, 2.05) is 19.9 Å². The molecule has 6 nitrogen and oxygen atoms in total. The van der Waals surface area contributed by atoms with Crippen LogP contribution in [0.4, 0.5) is 10.2 Å². The van der Waals surface area contributed by atoms with Gasteiger partial charge in [-0.05, 0) is 33.6 Å². The molecule has 29 heavy (non-hydrogen) atoms. The third-order valence-corrected chi connectivity index (χ3v) is 4.62. The maximum absolute atomic E-state index is 14.2. The predicted octanol–water partition coefficient (Wildman–Crippen LogP) is 5.34. The van der Waals surface area contributed by atoms with Crippen LogP contribution in [-0.2, 0) is 6.54 Å². The molecule has 3 aromatic heterocycles. The molecular formula is C21H21BrFN5O. The summed E-state index contributed by atoms with van der Waals surface area (Å²) in [7, 11) is 1.58. The second-order valence-electron chi connectivity index (χ2n) is 5.80. The van der Waals surface area contributed by atoms with Crippen LogP contribution in [0.5, 0.6) is 5.88 Å². The summed E-state index contributed by atoms with van der Waals surface area (Å²) in [6, 6.07) is 12.1. The molecule has 0 aliphatic carbocycles. The van der Waals surface area contributed by atoms with Crippen molar-refractivity contribution in [1.82, 2.24) is 19.6 Å². The zero-order valence-electron chi connectivity index (χ0n) is 16.4. The van der Waals surface area contributed by atoms with Gasteiger partial charge in [-0.3, -0.25) is 0 Å². The Morgan fingerprint density at radius 1 is 1.14 bits per heavy atom. The minimum Gasteiger partial charge on any atom is -0.481 e. The molecule has 3 heterocycles. The lowest BCUT2D eigenvalue weighted by atomic mass is 10.1. The van der Waals surface area contributed by atoms with E-state index in [1.165, 1.54) is 6.07 Å². The maximum Gasteiger partial charge on any atom is 0.212 e. The maximum atomic E-state index is 14.2. The van der Waals surface area contributed by atoms with E-state index in [-0.39, 0.29) is 5.82 Å². The molecule has 0 fully saturated rings. The quantitative estimate of drug-likeness (QED) is 0.438. The number of nitrogens with zero attached hydrogens (tertiary/aromatic N) is 4. The standard InChI is InChI=1S/C19H15BrFN5O.C2H6/c1-27-18-7-6-12(10-23-18)9-22-17-8-16(13-4-2-3-5-15(13)21)25-19-14(20)11-24-26(17)19;1-2/h2-8,10-11,22H,9H2,1H3;1-2H3. The average molecular weight is 458 g/mol. The van der Waals surface area contributed by atoms with Crippen LogP contribution in [0.25, 0.3) is 16.9 Å². The molecule has 0 aliphatic rings. The Kier molecular flexibility index (Phi) is 6.77. The van der Waals surface area contributed by atoms with Gasteiger partial charge in [-0.15, -0.1) is 0 Å². The number of benzene rings is 1. The summed E-state index contributed by atoms with van der Waals surface area (Å²) in [6.45, 7) is 4.52. The van der Waals surface area contributed by atoms with Crippen molar-refractivity contribution in [3.05, 3.63) is 70.7 Å². The molecule has 0 amide bonds. The van der Waals surface area contributed by atoms with Crippen molar-refractivity contribution >= 4 is 27.4 Å². The van der Waals surface area contributed by atoms with Crippen LogP contribution in [0.1, 0.15) is 19.4 Å². The van der Waals surface area contributed by atoms with Crippen molar-refractivity contribution in [3.63, 3.8) is 0 Å². The summed E-state index contributed by atoms with van der Waals surface area (Å²) < 4.78 is 21.7. The lowest BCUT2D eigenvalue weighted by Gasteiger charge is -2.11. The van der Waals surface area contributed by atoms with Crippen LogP contribution in [0.3, 0.4) is 0 Å². The summed E-state index contributed by atoms with van der Waals surface area (Å²) in [6.07, 6.45) is 3.40. The van der Waals surface area contributed by atoms with Gasteiger partial charge in [0.05, 0.1) is 23.5 Å². The van der Waals surface area contributed by atoms with Crippen LogP contribution in [0, 0.1) is 5.82 Å². The Balaban J connectivity index is 0.00000117. The number of methoxy groups -OCH3 is 1. The van der Waals surface area contributed by atoms with E-state index < -0.39 is 0 Å². The number of hydrogen-bond acceptors (Lipinski definition) is 5. The fraction of sp³-hybridized carbons (Fsp3) is 0.190. The molecule has 0 atom stereocenters. The molecule has 0 spiro atoms. The molecule has 0 bridgehead atoms. The summed E-state index contributed by atoms with van der Waals surface area (Å²) >= 11 is 3.45. The highest BCUT2D eigenvalue weighted by atomic mass is 79.9. The lowest BCUT2D eigenvalue weighted by Crippen LogP contribution is -2.07. The van der Waals surface area contributed by atoms with Gasteiger partial charge >= 0.3 is 0 Å². The highest BCUT2D eigenvalue weighted by Crippen LogP contribution is 2.27. The van der Waals surface area contributed by atoms with Crippen molar-refractivity contribution in [3.8, 4) is 17.1 Å². The predicted molar refractivity (Wildman–Crippen MR) is 116 cm³/mol. The molecule has 4 rings (SSSR count). The van der Waals surface area contributed by atoms with Gasteiger partial charge in [0.25, 0.3) is 0 Å². The van der Waals surface area contributed by atoms with Gasteiger partial charge in [0, 0.05) is 30.4 Å². The van der Waals surface area contributed by atoms with Crippen molar-refractivity contribution in [1.29, 1.82) is 0 Å². The van der Waals surface area contributed by atoms with E-state index in [9.17, 15) is 4.39 Å². The van der Waals surface area contributed by atoms with Gasteiger partial charge in [0.1, 0.15) is 11.6 Å². The molecule has 1 aromatic carbocycles. The normalized spacial score (nSPS) is 10.4. The second kappa shape index (κ2) is 9.47. The Bertz CT molecular complexity index is 1100. The highest BCUT2D eigenvalue weighted by molar-refractivity contribution is 9.10. The SMILES string of the molecule is CC.COc1ccc(CNc2cc(-c3ccccc3F)nc3c(Br)cnn23)cn1. The molecule has 1 N–H and O–H groups in total. The minimum atomic E-state index is -0.324. The van der Waals surface area contributed by atoms with Crippen molar-refractivity contribution < 1.29 is 9.13 Å². The minimum absolute atomic E-state index is 0.324. The molecule has 0 saturated carbocycles. The van der Waals surface area contributed by atoms with E-state index in [0.29, 0.717) is 35.1 Å². The smallest absolute Gasteiger partial charge is 0.212 e. The van der Waals surface area contributed by atoms with Crippen molar-refractivity contribution in [2.24, 2.45) is 0 Å². The first kappa shape index (κ1) is 20.7. The van der Waals surface area contributed by atoms with Crippen LogP contribution >= 0.6 is 15.9 Å². The Labute approximate surface area is 176 Å². The molecule has 0 radical (unpaired) electrons. The molecule has 0 saturated heterocycles. The van der Waals surface area contributed by atoms with Crippen molar-refractivity contribution in [2.75, 3.05) is 12.4 Å². The largest absolute Gasteiger partial charge is 0.481 e. The monoisotopic (exact) mass is 457 g/mol. The number of aromatic nitrogens is 4. The zero-order chi connectivity index (χ0) is 20.8. The molecule has 0 unspecified atom stereocenters. The van der Waals surface area contributed by atoms with Crippen LogP contribution in [-0.4, -0.2) is 26.7 Å². The van der Waals surface area contributed by atoms with Gasteiger partial charge in [0.2, 0.25) is 5.88 Å². The average Bonchev–Trinajstić information content (AvgIpc) is 3.15. The zero-order valence-corrected chi connectivity index (χ0v) is 17.9. The van der Waals surface area contributed by atoms with E-state index >= 15 is 0 Å². The number of nitrogens with one attached hydrogen (secondary N) is 1. The third kappa shape index (κ3) is 4.54. The summed E-state index contributed by atoms with van der Waals surface area (Å²) in [5, 5.41) is 7.65. The number of ether oxygens (including phenoxy) is 1. The second-order valence-corrected chi connectivity index (χ2v) is 6.65. The van der Waals surface area contributed by atoms with Crippen LogP contribution < -0.4 is 10.1 Å². The number of pyridine rings is 1. The van der Waals surface area contributed by atoms with Gasteiger partial charge in [-0.25, -0.2) is 14.4 Å². The van der Waals surface area contributed by atoms with Crippen molar-refractivity contribution in [2.45, 2.75) is 20.4 Å². The van der Waals surface area contributed by atoms with E-state index in [4.69, 9.17) is 4.74 Å². The Hall–Kier alpha value is -3.00. The molecule has 4 aromatic rings. The first-order chi connectivity index (χ1) is 14.2. The lowest BCUT2D eigenvalue weighted by molar-refractivity contribution is 0.397. The Morgan fingerprint density at radius 2 is 1.93 bits per heavy atom. The van der Waals surface area contributed by atoms with Gasteiger partial charge in [-0.2, -0.15) is 9.61 Å². The number of anilines is 1. The van der Waals surface area contributed by atoms with E-state index in [0.717, 1.165) is 10.0 Å². The number of hydrogen-bond donors (Lipinski definition) is 1. The van der Waals surface area contributed by atoms with Gasteiger partial charge in [-0.1, -0.05) is 32.0 Å². The fourth-order valence-corrected chi connectivity index (χ4v) is 3.05. The molecule has 150 valence electrons. The van der Waals surface area contributed by atoms with Gasteiger partial charge < -0.3 is 10.1 Å².